The summed E-state index contributed by atoms with van der Waals surface area (Å²) in [6.07, 6.45) is 4.52. The Morgan fingerprint density at radius 1 is 1.03 bits per heavy atom. The molecule has 2 heterocycles. The zero-order chi connectivity index (χ0) is 26.4. The second-order valence-electron chi connectivity index (χ2n) is 9.24. The zero-order valence-corrected chi connectivity index (χ0v) is 21.6. The fraction of sp³-hybridized carbons (Fsp3) is 0.300. The van der Waals surface area contributed by atoms with Crippen molar-refractivity contribution in [1.82, 2.24) is 9.55 Å². The molecule has 4 aromatic rings. The Morgan fingerprint density at radius 2 is 1.76 bits per heavy atom. The third-order valence-electron chi connectivity index (χ3n) is 6.23. The van der Waals surface area contributed by atoms with Crippen LogP contribution in [0.5, 0.6) is 5.75 Å². The number of esters is 1. The number of rotatable bonds is 11. The number of oxazole rings is 1. The Bertz CT molecular complexity index is 1340. The highest BCUT2D eigenvalue weighted by Gasteiger charge is 2.23. The number of carbonyl (C=O) groups is 2. The second-order valence-corrected chi connectivity index (χ2v) is 9.24. The molecule has 0 unspecified atom stereocenters. The van der Waals surface area contributed by atoms with Gasteiger partial charge in [0.25, 0.3) is 0 Å². The molecule has 0 saturated carbocycles. The zero-order valence-electron chi connectivity index (χ0n) is 21.6. The number of carbonyl (C=O) groups excluding carboxylic acids is 2. The van der Waals surface area contributed by atoms with Gasteiger partial charge in [0.2, 0.25) is 5.89 Å². The highest BCUT2D eigenvalue weighted by molar-refractivity contribution is 5.97. The lowest BCUT2D eigenvalue weighted by Gasteiger charge is -2.17. The number of ketones is 1. The Kier molecular flexibility index (Phi) is 8.23. The molecular weight excluding hydrogens is 468 g/mol. The van der Waals surface area contributed by atoms with Crippen LogP contribution in [0.4, 0.5) is 0 Å². The van der Waals surface area contributed by atoms with Gasteiger partial charge in [0.15, 0.2) is 5.78 Å². The predicted molar refractivity (Wildman–Crippen MR) is 141 cm³/mol. The van der Waals surface area contributed by atoms with Gasteiger partial charge in [-0.05, 0) is 42.8 Å². The molecule has 4 rings (SSSR count). The van der Waals surface area contributed by atoms with Crippen molar-refractivity contribution in [2.45, 2.75) is 39.7 Å². The minimum Gasteiger partial charge on any atom is -0.493 e. The molecule has 2 aromatic carbocycles. The number of aromatic nitrogens is 2. The van der Waals surface area contributed by atoms with Crippen LogP contribution >= 0.6 is 0 Å². The van der Waals surface area contributed by atoms with E-state index < -0.39 is 6.04 Å². The molecule has 0 amide bonds. The van der Waals surface area contributed by atoms with E-state index in [2.05, 4.69) is 4.98 Å². The van der Waals surface area contributed by atoms with Gasteiger partial charge in [0.1, 0.15) is 17.6 Å². The molecule has 1 atom stereocenters. The van der Waals surface area contributed by atoms with Gasteiger partial charge >= 0.3 is 5.97 Å². The summed E-state index contributed by atoms with van der Waals surface area (Å²) < 4.78 is 18.5. The molecule has 192 valence electrons. The smallest absolute Gasteiger partial charge is 0.329 e. The molecule has 2 aromatic heterocycles. The SMILES string of the molecule is COC(=O)[C@H](Cc1ccc(OCCc2nc(-c3ccccc3)oc2C)cc1)n1ccc(C(=O)C(C)C)c1. The van der Waals surface area contributed by atoms with Crippen molar-refractivity contribution in [3.8, 4) is 17.2 Å². The van der Waals surface area contributed by atoms with Gasteiger partial charge in [0.05, 0.1) is 19.4 Å². The van der Waals surface area contributed by atoms with E-state index in [1.54, 1.807) is 23.0 Å². The van der Waals surface area contributed by atoms with Crippen LogP contribution in [0.2, 0.25) is 0 Å². The first kappa shape index (κ1) is 25.9. The molecule has 0 fully saturated rings. The van der Waals surface area contributed by atoms with Crippen LogP contribution in [-0.4, -0.2) is 35.0 Å². The minimum absolute atomic E-state index is 0.0426. The van der Waals surface area contributed by atoms with E-state index in [0.29, 0.717) is 30.9 Å². The number of hydrogen-bond donors (Lipinski definition) is 0. The number of benzene rings is 2. The van der Waals surface area contributed by atoms with E-state index in [9.17, 15) is 9.59 Å². The van der Waals surface area contributed by atoms with Gasteiger partial charge in [-0.2, -0.15) is 0 Å². The summed E-state index contributed by atoms with van der Waals surface area (Å²) in [6.45, 7) is 6.08. The molecule has 0 saturated heterocycles. The highest BCUT2D eigenvalue weighted by atomic mass is 16.5. The van der Waals surface area contributed by atoms with Gasteiger partial charge in [0, 0.05) is 42.3 Å². The van der Waals surface area contributed by atoms with Crippen molar-refractivity contribution in [3.05, 3.63) is 95.6 Å². The first-order chi connectivity index (χ1) is 17.9. The van der Waals surface area contributed by atoms with Crippen molar-refractivity contribution in [3.63, 3.8) is 0 Å². The maximum Gasteiger partial charge on any atom is 0.329 e. The Labute approximate surface area is 217 Å². The van der Waals surface area contributed by atoms with E-state index in [0.717, 1.165) is 28.3 Å². The van der Waals surface area contributed by atoms with Gasteiger partial charge in [-0.15, -0.1) is 0 Å². The Morgan fingerprint density at radius 3 is 2.43 bits per heavy atom. The van der Waals surface area contributed by atoms with Crippen LogP contribution < -0.4 is 4.74 Å². The van der Waals surface area contributed by atoms with Crippen molar-refractivity contribution in [2.75, 3.05) is 13.7 Å². The molecule has 0 aliphatic carbocycles. The molecule has 0 aliphatic heterocycles. The normalized spacial score (nSPS) is 11.9. The molecule has 0 aliphatic rings. The molecule has 0 radical (unpaired) electrons. The number of hydrogen-bond acceptors (Lipinski definition) is 6. The number of ether oxygens (including phenoxy) is 2. The quantitative estimate of drug-likeness (QED) is 0.189. The monoisotopic (exact) mass is 500 g/mol. The average molecular weight is 501 g/mol. The standard InChI is InChI=1S/C30H32N2O5/c1-20(2)28(33)24-14-16-32(19-24)27(30(34)35-4)18-22-10-12-25(13-11-22)36-17-15-26-21(3)37-29(31-26)23-8-6-5-7-9-23/h5-14,16,19-20,27H,15,17-18H2,1-4H3/t27-/m0/s1. The lowest BCUT2D eigenvalue weighted by atomic mass is 10.0. The summed E-state index contributed by atoms with van der Waals surface area (Å²) in [7, 11) is 1.37. The van der Waals surface area contributed by atoms with E-state index in [4.69, 9.17) is 13.9 Å². The van der Waals surface area contributed by atoms with Crippen molar-refractivity contribution < 1.29 is 23.5 Å². The van der Waals surface area contributed by atoms with Crippen LogP contribution in [0.15, 0.2) is 77.5 Å². The summed E-state index contributed by atoms with van der Waals surface area (Å²) in [5, 5.41) is 0. The predicted octanol–water partition coefficient (Wildman–Crippen LogP) is 5.87. The van der Waals surface area contributed by atoms with Crippen molar-refractivity contribution >= 4 is 11.8 Å². The van der Waals surface area contributed by atoms with E-state index in [1.807, 2.05) is 75.4 Å². The summed E-state index contributed by atoms with van der Waals surface area (Å²) in [4.78, 5) is 29.5. The Hall–Kier alpha value is -4.13. The van der Waals surface area contributed by atoms with Crippen LogP contribution in [0.3, 0.4) is 0 Å². The molecule has 7 nitrogen and oxygen atoms in total. The molecule has 0 bridgehead atoms. The van der Waals surface area contributed by atoms with E-state index >= 15 is 0 Å². The number of nitrogens with zero attached hydrogens (tertiary/aromatic N) is 2. The third-order valence-corrected chi connectivity index (χ3v) is 6.23. The maximum atomic E-state index is 12.5. The minimum atomic E-state index is -0.570. The van der Waals surface area contributed by atoms with Crippen molar-refractivity contribution in [1.29, 1.82) is 0 Å². The fourth-order valence-corrected chi connectivity index (χ4v) is 4.11. The molecule has 7 heteroatoms. The maximum absolute atomic E-state index is 12.5. The topological polar surface area (TPSA) is 83.6 Å². The number of methoxy groups -OCH3 is 1. The molecular formula is C30H32N2O5. The van der Waals surface area contributed by atoms with Crippen LogP contribution in [0.25, 0.3) is 11.5 Å². The van der Waals surface area contributed by atoms with E-state index in [1.165, 1.54) is 7.11 Å². The van der Waals surface area contributed by atoms with Crippen molar-refractivity contribution in [2.24, 2.45) is 5.92 Å². The molecule has 0 spiro atoms. The Balaban J connectivity index is 1.36. The van der Waals surface area contributed by atoms with E-state index in [-0.39, 0.29) is 17.7 Å². The molecule has 0 N–H and O–H groups in total. The summed E-state index contributed by atoms with van der Waals surface area (Å²) in [6, 6.07) is 18.6. The number of aryl methyl sites for hydroxylation is 1. The first-order valence-corrected chi connectivity index (χ1v) is 12.4. The van der Waals surface area contributed by atoms with Gasteiger partial charge in [-0.1, -0.05) is 44.2 Å². The summed E-state index contributed by atoms with van der Waals surface area (Å²) in [5.74, 6) is 1.70. The lowest BCUT2D eigenvalue weighted by molar-refractivity contribution is -0.144. The third kappa shape index (κ3) is 6.36. The summed E-state index contributed by atoms with van der Waals surface area (Å²) in [5.41, 5.74) is 3.36. The summed E-state index contributed by atoms with van der Waals surface area (Å²) >= 11 is 0. The van der Waals surface area contributed by atoms with Gasteiger partial charge < -0.3 is 18.5 Å². The largest absolute Gasteiger partial charge is 0.493 e. The highest BCUT2D eigenvalue weighted by Crippen LogP contribution is 2.23. The second kappa shape index (κ2) is 11.7. The number of Topliss-reactive ketones (excluding diaryl/α,β-unsaturated/α-hetero) is 1. The average Bonchev–Trinajstić information content (AvgIpc) is 3.55. The van der Waals surface area contributed by atoms with Gasteiger partial charge in [-0.3, -0.25) is 4.79 Å². The fourth-order valence-electron chi connectivity index (χ4n) is 4.11. The van der Waals surface area contributed by atoms with Crippen LogP contribution in [0.1, 0.15) is 47.3 Å². The van der Waals surface area contributed by atoms with Gasteiger partial charge in [-0.25, -0.2) is 9.78 Å². The lowest BCUT2D eigenvalue weighted by Crippen LogP contribution is -2.22. The first-order valence-electron chi connectivity index (χ1n) is 12.4. The van der Waals surface area contributed by atoms with Crippen LogP contribution in [-0.2, 0) is 22.4 Å². The van der Waals surface area contributed by atoms with Crippen LogP contribution in [0, 0.1) is 12.8 Å². The molecule has 37 heavy (non-hydrogen) atoms.